The number of primary amides is 1. The summed E-state index contributed by atoms with van der Waals surface area (Å²) in [6, 6.07) is 7.78. The van der Waals surface area contributed by atoms with E-state index in [4.69, 9.17) is 10.5 Å². The molecule has 1 atom stereocenters. The molecule has 0 saturated carbocycles. The van der Waals surface area contributed by atoms with Gasteiger partial charge in [0.2, 0.25) is 5.91 Å². The van der Waals surface area contributed by atoms with Crippen LogP contribution in [-0.2, 0) is 9.59 Å². The Labute approximate surface area is 172 Å². The lowest BCUT2D eigenvalue weighted by molar-refractivity contribution is -0.123. The van der Waals surface area contributed by atoms with Gasteiger partial charge in [-0.1, -0.05) is 26.0 Å². The number of Topliss-reactive ketones (excluding diaryl/α,β-unsaturated/α-hetero) is 1. The summed E-state index contributed by atoms with van der Waals surface area (Å²) in [5, 5.41) is 3.41. The van der Waals surface area contributed by atoms with Gasteiger partial charge < -0.3 is 20.7 Å². The average molecular weight is 398 g/mol. The number of rotatable bonds is 9. The topological polar surface area (TPSA) is 84.7 Å². The molecule has 1 aliphatic carbocycles. The number of nitrogens with one attached hydrogen (secondary N) is 1. The van der Waals surface area contributed by atoms with Crippen molar-refractivity contribution in [2.75, 3.05) is 31.1 Å². The molecule has 0 spiro atoms. The molecule has 0 aromatic heterocycles. The Morgan fingerprint density at radius 1 is 1.38 bits per heavy atom. The van der Waals surface area contributed by atoms with Crippen molar-refractivity contribution in [1.29, 1.82) is 0 Å². The van der Waals surface area contributed by atoms with E-state index < -0.39 is 11.8 Å². The molecular weight excluding hydrogens is 366 g/mol. The molecule has 0 radical (unpaired) electrons. The van der Waals surface area contributed by atoms with E-state index in [1.165, 1.54) is 0 Å². The third-order valence-electron chi connectivity index (χ3n) is 5.19. The summed E-state index contributed by atoms with van der Waals surface area (Å²) < 4.78 is 5.91. The first-order valence-electron chi connectivity index (χ1n) is 10.4. The monoisotopic (exact) mass is 397 g/mol. The molecule has 6 nitrogen and oxygen atoms in total. The zero-order valence-electron chi connectivity index (χ0n) is 17.3. The molecule has 29 heavy (non-hydrogen) atoms. The second kappa shape index (κ2) is 9.74. The molecule has 0 bridgehead atoms. The number of amides is 1. The van der Waals surface area contributed by atoms with E-state index >= 15 is 0 Å². The van der Waals surface area contributed by atoms with Crippen LogP contribution in [0.3, 0.4) is 0 Å². The Balaban J connectivity index is 1.69. The van der Waals surface area contributed by atoms with E-state index in [0.717, 1.165) is 36.6 Å². The van der Waals surface area contributed by atoms with Gasteiger partial charge in [0, 0.05) is 36.0 Å². The first-order chi connectivity index (χ1) is 14.0. The fourth-order valence-corrected chi connectivity index (χ4v) is 3.75. The van der Waals surface area contributed by atoms with Gasteiger partial charge in [-0.15, -0.1) is 0 Å². The number of allylic oxidation sites excluding steroid dienone is 2. The molecule has 2 aliphatic rings. The molecular formula is C23H31N3O3. The van der Waals surface area contributed by atoms with Crippen molar-refractivity contribution in [2.45, 2.75) is 33.1 Å². The van der Waals surface area contributed by atoms with Crippen LogP contribution in [0.25, 0.3) is 0 Å². The predicted molar refractivity (Wildman–Crippen MR) is 115 cm³/mol. The van der Waals surface area contributed by atoms with Gasteiger partial charge in [-0.3, -0.25) is 9.59 Å². The van der Waals surface area contributed by atoms with Gasteiger partial charge in [0.15, 0.2) is 5.78 Å². The molecule has 1 unspecified atom stereocenters. The maximum atomic E-state index is 12.6. The van der Waals surface area contributed by atoms with E-state index in [-0.39, 0.29) is 5.78 Å². The number of hydrogen-bond donors (Lipinski definition) is 2. The van der Waals surface area contributed by atoms with E-state index in [9.17, 15) is 9.59 Å². The molecule has 1 heterocycles. The summed E-state index contributed by atoms with van der Waals surface area (Å²) in [5.74, 6) is 0.403. The van der Waals surface area contributed by atoms with E-state index in [1.807, 2.05) is 41.3 Å². The van der Waals surface area contributed by atoms with Gasteiger partial charge >= 0.3 is 0 Å². The number of anilines is 1. The minimum Gasteiger partial charge on any atom is -0.493 e. The lowest BCUT2D eigenvalue weighted by atomic mass is 9.95. The average Bonchev–Trinajstić information content (AvgIpc) is 2.98. The highest BCUT2D eigenvalue weighted by atomic mass is 16.5. The van der Waals surface area contributed by atoms with Gasteiger partial charge in [0.1, 0.15) is 5.75 Å². The first kappa shape index (κ1) is 21.1. The van der Waals surface area contributed by atoms with Crippen LogP contribution in [0.2, 0.25) is 0 Å². The van der Waals surface area contributed by atoms with Crippen LogP contribution in [0.5, 0.6) is 5.75 Å². The van der Waals surface area contributed by atoms with Gasteiger partial charge in [-0.05, 0) is 50.1 Å². The predicted octanol–water partition coefficient (Wildman–Crippen LogP) is 2.80. The fourth-order valence-electron chi connectivity index (χ4n) is 3.75. The molecule has 1 aromatic rings. The summed E-state index contributed by atoms with van der Waals surface area (Å²) in [6.07, 6.45) is 5.95. The van der Waals surface area contributed by atoms with Crippen molar-refractivity contribution in [1.82, 2.24) is 5.32 Å². The van der Waals surface area contributed by atoms with Gasteiger partial charge in [0.05, 0.1) is 12.5 Å². The standard InChI is InChI=1S/C23H31N3O3/c1-16(2)14-25-11-6-12-29-18-8-5-7-17(13-18)26-15-19(23(24)28)22-20(26)9-3-4-10-21(22)27/h3,5,7-9,13,16,19,25H,4,6,10-12,14-15H2,1-2H3,(H2,24,28). The highest BCUT2D eigenvalue weighted by Crippen LogP contribution is 2.37. The summed E-state index contributed by atoms with van der Waals surface area (Å²) in [7, 11) is 0. The first-order valence-corrected chi connectivity index (χ1v) is 10.4. The third kappa shape index (κ3) is 5.26. The van der Waals surface area contributed by atoms with Crippen molar-refractivity contribution < 1.29 is 14.3 Å². The Kier molecular flexibility index (Phi) is 7.09. The minimum absolute atomic E-state index is 0.0117. The molecule has 3 rings (SSSR count). The summed E-state index contributed by atoms with van der Waals surface area (Å²) >= 11 is 0. The third-order valence-corrected chi connectivity index (χ3v) is 5.19. The number of hydrogen-bond acceptors (Lipinski definition) is 5. The number of nitrogens with zero attached hydrogens (tertiary/aromatic N) is 1. The number of carbonyl (C=O) groups is 2. The summed E-state index contributed by atoms with van der Waals surface area (Å²) in [4.78, 5) is 26.5. The quantitative estimate of drug-likeness (QED) is 0.626. The molecule has 1 amide bonds. The number of ether oxygens (including phenoxy) is 1. The molecule has 1 aromatic carbocycles. The maximum absolute atomic E-state index is 12.6. The van der Waals surface area contributed by atoms with E-state index in [1.54, 1.807) is 0 Å². The van der Waals surface area contributed by atoms with Crippen LogP contribution in [0, 0.1) is 11.8 Å². The second-order valence-corrected chi connectivity index (χ2v) is 8.03. The molecule has 1 aliphatic heterocycles. The molecule has 156 valence electrons. The fraction of sp³-hybridized carbons (Fsp3) is 0.478. The number of benzene rings is 1. The highest BCUT2D eigenvalue weighted by Gasteiger charge is 2.38. The summed E-state index contributed by atoms with van der Waals surface area (Å²) in [5.41, 5.74) is 7.84. The molecule has 6 heteroatoms. The van der Waals surface area contributed by atoms with Crippen molar-refractivity contribution >= 4 is 17.4 Å². The van der Waals surface area contributed by atoms with Crippen LogP contribution < -0.4 is 20.7 Å². The van der Waals surface area contributed by atoms with Crippen molar-refractivity contribution in [3.05, 3.63) is 47.7 Å². The number of ketones is 1. The molecule has 0 saturated heterocycles. The van der Waals surface area contributed by atoms with E-state index in [2.05, 4.69) is 19.2 Å². The lowest BCUT2D eigenvalue weighted by Crippen LogP contribution is -2.31. The highest BCUT2D eigenvalue weighted by molar-refractivity contribution is 6.04. The zero-order valence-corrected chi connectivity index (χ0v) is 17.3. The Morgan fingerprint density at radius 3 is 2.97 bits per heavy atom. The lowest BCUT2D eigenvalue weighted by Gasteiger charge is -2.22. The van der Waals surface area contributed by atoms with Gasteiger partial charge in [0.25, 0.3) is 0 Å². The van der Waals surface area contributed by atoms with Crippen molar-refractivity contribution in [3.63, 3.8) is 0 Å². The maximum Gasteiger partial charge on any atom is 0.226 e. The van der Waals surface area contributed by atoms with Crippen LogP contribution in [0.4, 0.5) is 5.69 Å². The number of carbonyl (C=O) groups excluding carboxylic acids is 2. The Bertz CT molecular complexity index is 813. The summed E-state index contributed by atoms with van der Waals surface area (Å²) in [6.45, 7) is 7.33. The zero-order chi connectivity index (χ0) is 20.8. The van der Waals surface area contributed by atoms with Gasteiger partial charge in [-0.25, -0.2) is 0 Å². The minimum atomic E-state index is -0.572. The van der Waals surface area contributed by atoms with Crippen LogP contribution >= 0.6 is 0 Å². The smallest absolute Gasteiger partial charge is 0.226 e. The Morgan fingerprint density at radius 2 is 2.21 bits per heavy atom. The van der Waals surface area contributed by atoms with Crippen LogP contribution in [-0.4, -0.2) is 37.9 Å². The largest absolute Gasteiger partial charge is 0.493 e. The molecule has 3 N–H and O–H groups in total. The second-order valence-electron chi connectivity index (χ2n) is 8.03. The Hall–Kier alpha value is -2.60. The SMILES string of the molecule is CC(C)CNCCCOc1cccc(N2CC(C(N)=O)C3=C2C=CCCC3=O)c1. The normalized spacial score (nSPS) is 18.9. The van der Waals surface area contributed by atoms with Crippen molar-refractivity contribution in [3.8, 4) is 5.75 Å². The van der Waals surface area contributed by atoms with Crippen LogP contribution in [0.1, 0.15) is 33.1 Å². The van der Waals surface area contributed by atoms with Crippen molar-refractivity contribution in [2.24, 2.45) is 17.6 Å². The van der Waals surface area contributed by atoms with E-state index in [0.29, 0.717) is 37.5 Å². The van der Waals surface area contributed by atoms with Crippen LogP contribution in [0.15, 0.2) is 47.7 Å². The number of nitrogens with two attached hydrogens (primary N) is 1. The van der Waals surface area contributed by atoms with Gasteiger partial charge in [-0.2, -0.15) is 0 Å². The molecule has 0 fully saturated rings.